The summed E-state index contributed by atoms with van der Waals surface area (Å²) < 4.78 is 28.7. The third-order valence-corrected chi connectivity index (χ3v) is 5.22. The van der Waals surface area contributed by atoms with Gasteiger partial charge in [0.2, 0.25) is 10.0 Å². The molecule has 0 amide bonds. The van der Waals surface area contributed by atoms with E-state index in [1.54, 1.807) is 4.68 Å². The minimum absolute atomic E-state index is 0.233. The molecule has 0 aromatic carbocycles. The van der Waals surface area contributed by atoms with Crippen LogP contribution in [0.5, 0.6) is 0 Å². The first-order chi connectivity index (χ1) is 9.50. The zero-order valence-electron chi connectivity index (χ0n) is 12.2. The van der Waals surface area contributed by atoms with Gasteiger partial charge >= 0.3 is 0 Å². The van der Waals surface area contributed by atoms with Crippen LogP contribution in [0, 0.1) is 5.92 Å². The normalized spacial score (nSPS) is 17.5. The molecule has 0 radical (unpaired) electrons. The van der Waals surface area contributed by atoms with E-state index in [9.17, 15) is 8.42 Å². The summed E-state index contributed by atoms with van der Waals surface area (Å²) in [6.45, 7) is 4.20. The van der Waals surface area contributed by atoms with E-state index in [2.05, 4.69) is 15.1 Å². The lowest BCUT2D eigenvalue weighted by atomic mass is 10.0. The van der Waals surface area contributed by atoms with Crippen LogP contribution in [0.25, 0.3) is 0 Å². The summed E-state index contributed by atoms with van der Waals surface area (Å²) in [5.74, 6) is 0.504. The Morgan fingerprint density at radius 1 is 1.45 bits per heavy atom. The molecule has 2 heterocycles. The number of nitrogens with one attached hydrogen (secondary N) is 2. The molecular formula is C13H24N4O2S. The molecule has 7 heteroatoms. The lowest BCUT2D eigenvalue weighted by molar-refractivity contribution is 0.400. The fourth-order valence-electron chi connectivity index (χ4n) is 2.63. The van der Waals surface area contributed by atoms with Crippen LogP contribution >= 0.6 is 0 Å². The van der Waals surface area contributed by atoms with Crippen LogP contribution in [0.15, 0.2) is 6.20 Å². The van der Waals surface area contributed by atoms with Crippen molar-refractivity contribution in [1.29, 1.82) is 0 Å². The first-order valence-corrected chi connectivity index (χ1v) is 8.85. The van der Waals surface area contributed by atoms with Crippen molar-refractivity contribution in [2.45, 2.75) is 32.7 Å². The maximum absolute atomic E-state index is 12.1. The lowest BCUT2D eigenvalue weighted by Crippen LogP contribution is -2.35. The Labute approximate surface area is 121 Å². The van der Waals surface area contributed by atoms with Crippen molar-refractivity contribution in [2.75, 3.05) is 18.8 Å². The minimum Gasteiger partial charge on any atom is -0.317 e. The Morgan fingerprint density at radius 2 is 2.15 bits per heavy atom. The highest BCUT2D eigenvalue weighted by atomic mass is 32.2. The van der Waals surface area contributed by atoms with Crippen molar-refractivity contribution in [2.24, 2.45) is 13.0 Å². The summed E-state index contributed by atoms with van der Waals surface area (Å²) in [5, 5.41) is 7.57. The predicted molar refractivity (Wildman–Crippen MR) is 78.8 cm³/mol. The van der Waals surface area contributed by atoms with Crippen molar-refractivity contribution in [3.63, 3.8) is 0 Å². The fraction of sp³-hybridized carbons (Fsp3) is 0.769. The third-order valence-electron chi connectivity index (χ3n) is 3.72. The van der Waals surface area contributed by atoms with Gasteiger partial charge in [-0.15, -0.1) is 0 Å². The predicted octanol–water partition coefficient (Wildman–Crippen LogP) is 0.402. The molecule has 0 bridgehead atoms. The average Bonchev–Trinajstić information content (AvgIpc) is 2.78. The Kier molecular flexibility index (Phi) is 5.17. The smallest absolute Gasteiger partial charge is 0.212 e. The summed E-state index contributed by atoms with van der Waals surface area (Å²) in [6, 6.07) is 0. The van der Waals surface area contributed by atoms with E-state index in [0.29, 0.717) is 6.54 Å². The van der Waals surface area contributed by atoms with Gasteiger partial charge in [-0.25, -0.2) is 13.1 Å². The van der Waals surface area contributed by atoms with Gasteiger partial charge in [0.25, 0.3) is 0 Å². The largest absolute Gasteiger partial charge is 0.317 e. The van der Waals surface area contributed by atoms with Crippen LogP contribution in [-0.4, -0.2) is 37.0 Å². The molecule has 1 saturated heterocycles. The number of aromatic nitrogens is 2. The van der Waals surface area contributed by atoms with Gasteiger partial charge in [-0.05, 0) is 38.3 Å². The van der Waals surface area contributed by atoms with E-state index >= 15 is 0 Å². The Balaban J connectivity index is 1.91. The second-order valence-electron chi connectivity index (χ2n) is 5.42. The van der Waals surface area contributed by atoms with Gasteiger partial charge in [0.05, 0.1) is 11.4 Å². The zero-order chi connectivity index (χ0) is 14.6. The van der Waals surface area contributed by atoms with Crippen LogP contribution in [-0.2, 0) is 30.0 Å². The summed E-state index contributed by atoms with van der Waals surface area (Å²) >= 11 is 0. The maximum Gasteiger partial charge on any atom is 0.212 e. The Hall–Kier alpha value is -0.920. The molecule has 114 valence electrons. The molecule has 6 nitrogen and oxygen atoms in total. The van der Waals surface area contributed by atoms with E-state index < -0.39 is 10.0 Å². The van der Waals surface area contributed by atoms with Gasteiger partial charge in [0, 0.05) is 25.4 Å². The molecule has 1 aromatic rings. The molecule has 1 aliphatic rings. The van der Waals surface area contributed by atoms with Crippen molar-refractivity contribution in [3.8, 4) is 0 Å². The number of aryl methyl sites for hydroxylation is 2. The van der Waals surface area contributed by atoms with Crippen LogP contribution in [0.4, 0.5) is 0 Å². The monoisotopic (exact) mass is 300 g/mol. The van der Waals surface area contributed by atoms with Gasteiger partial charge in [-0.1, -0.05) is 6.92 Å². The highest BCUT2D eigenvalue weighted by Gasteiger charge is 2.21. The standard InChI is InChI=1S/C13H24N4O2S/c1-3-13-12(9-17(2)16-13)8-15-20(18,19)10-11-4-6-14-7-5-11/h9,11,14-15H,3-8,10H2,1-2H3. The second kappa shape index (κ2) is 6.69. The number of nitrogens with zero attached hydrogens (tertiary/aromatic N) is 2. The molecule has 0 unspecified atom stereocenters. The van der Waals surface area contributed by atoms with Crippen molar-refractivity contribution in [3.05, 3.63) is 17.5 Å². The van der Waals surface area contributed by atoms with Gasteiger partial charge in [-0.2, -0.15) is 5.10 Å². The number of rotatable bonds is 6. The first-order valence-electron chi connectivity index (χ1n) is 7.19. The van der Waals surface area contributed by atoms with E-state index in [4.69, 9.17) is 0 Å². The maximum atomic E-state index is 12.1. The van der Waals surface area contributed by atoms with Crippen molar-refractivity contribution >= 4 is 10.0 Å². The fourth-order valence-corrected chi connectivity index (χ4v) is 4.08. The van der Waals surface area contributed by atoms with E-state index in [1.165, 1.54) is 0 Å². The first kappa shape index (κ1) is 15.5. The molecule has 20 heavy (non-hydrogen) atoms. The van der Waals surface area contributed by atoms with Gasteiger partial charge in [0.1, 0.15) is 0 Å². The average molecular weight is 300 g/mol. The van der Waals surface area contributed by atoms with E-state index in [0.717, 1.165) is 43.6 Å². The summed E-state index contributed by atoms with van der Waals surface area (Å²) in [7, 11) is -1.36. The minimum atomic E-state index is -3.21. The van der Waals surface area contributed by atoms with E-state index in [-0.39, 0.29) is 11.7 Å². The molecule has 1 aromatic heterocycles. The molecule has 0 aliphatic carbocycles. The highest BCUT2D eigenvalue weighted by Crippen LogP contribution is 2.14. The van der Waals surface area contributed by atoms with Crippen LogP contribution in [0.2, 0.25) is 0 Å². The molecule has 1 fully saturated rings. The second-order valence-corrected chi connectivity index (χ2v) is 7.28. The van der Waals surface area contributed by atoms with E-state index in [1.807, 2.05) is 20.2 Å². The number of piperidine rings is 1. The summed E-state index contributed by atoms with van der Waals surface area (Å²) in [4.78, 5) is 0. The number of hydrogen-bond acceptors (Lipinski definition) is 4. The summed E-state index contributed by atoms with van der Waals surface area (Å²) in [5.41, 5.74) is 1.92. The Morgan fingerprint density at radius 3 is 2.80 bits per heavy atom. The molecule has 0 saturated carbocycles. The molecule has 1 aliphatic heterocycles. The number of hydrogen-bond donors (Lipinski definition) is 2. The molecule has 2 rings (SSSR count). The van der Waals surface area contributed by atoms with Crippen molar-refractivity contribution < 1.29 is 8.42 Å². The molecular weight excluding hydrogens is 276 g/mol. The van der Waals surface area contributed by atoms with Gasteiger partial charge in [0.15, 0.2) is 0 Å². The quantitative estimate of drug-likeness (QED) is 0.797. The van der Waals surface area contributed by atoms with Crippen LogP contribution in [0.1, 0.15) is 31.0 Å². The third kappa shape index (κ3) is 4.29. The lowest BCUT2D eigenvalue weighted by Gasteiger charge is -2.22. The topological polar surface area (TPSA) is 76.0 Å². The molecule has 0 spiro atoms. The Bertz CT molecular complexity index is 533. The SMILES string of the molecule is CCc1nn(C)cc1CNS(=O)(=O)CC1CCNCC1. The van der Waals surface area contributed by atoms with Crippen LogP contribution in [0.3, 0.4) is 0 Å². The highest BCUT2D eigenvalue weighted by molar-refractivity contribution is 7.89. The summed E-state index contributed by atoms with van der Waals surface area (Å²) in [6.07, 6.45) is 4.57. The van der Waals surface area contributed by atoms with Gasteiger partial charge < -0.3 is 5.32 Å². The zero-order valence-corrected chi connectivity index (χ0v) is 13.0. The molecule has 0 atom stereocenters. The number of sulfonamides is 1. The van der Waals surface area contributed by atoms with Crippen LogP contribution < -0.4 is 10.0 Å². The van der Waals surface area contributed by atoms with Gasteiger partial charge in [-0.3, -0.25) is 4.68 Å². The van der Waals surface area contributed by atoms with Crippen molar-refractivity contribution in [1.82, 2.24) is 19.8 Å². The molecule has 2 N–H and O–H groups in total.